The van der Waals surface area contributed by atoms with Crippen molar-refractivity contribution in [1.82, 2.24) is 30.0 Å². The average molecular weight is 476 g/mol. The van der Waals surface area contributed by atoms with E-state index in [0.717, 1.165) is 5.56 Å². The second kappa shape index (κ2) is 10.8. The van der Waals surface area contributed by atoms with E-state index in [2.05, 4.69) is 37.5 Å². The number of rotatable bonds is 9. The lowest BCUT2D eigenvalue weighted by atomic mass is 10.1. The van der Waals surface area contributed by atoms with Crippen molar-refractivity contribution >= 4 is 41.0 Å². The second-order valence-electron chi connectivity index (χ2n) is 7.16. The molecule has 11 nitrogen and oxygen atoms in total. The molecule has 0 unspecified atom stereocenters. The fraction of sp³-hybridized carbons (Fsp3) is 0.125. The monoisotopic (exact) mass is 475 g/mol. The Morgan fingerprint density at radius 1 is 1.14 bits per heavy atom. The largest absolute Gasteiger partial charge is 0.445 e. The van der Waals surface area contributed by atoms with Gasteiger partial charge in [0.25, 0.3) is 5.91 Å². The number of para-hydroxylation sites is 1. The van der Waals surface area contributed by atoms with Gasteiger partial charge in [0.1, 0.15) is 6.61 Å². The van der Waals surface area contributed by atoms with Gasteiger partial charge in [-0.05, 0) is 29.8 Å². The fourth-order valence-electron chi connectivity index (χ4n) is 3.13. The van der Waals surface area contributed by atoms with Gasteiger partial charge in [-0.3, -0.25) is 9.20 Å². The molecule has 11 heteroatoms. The molecule has 4 rings (SSSR count). The highest BCUT2D eigenvalue weighted by Crippen LogP contribution is 2.22. The molecule has 2 amide bonds. The summed E-state index contributed by atoms with van der Waals surface area (Å²) in [6, 6.07) is 13.7. The Morgan fingerprint density at radius 3 is 2.77 bits per heavy atom. The van der Waals surface area contributed by atoms with E-state index in [1.807, 2.05) is 17.4 Å². The topological polar surface area (TPSA) is 135 Å². The van der Waals surface area contributed by atoms with Gasteiger partial charge < -0.3 is 26.0 Å². The minimum atomic E-state index is -2.63. The van der Waals surface area contributed by atoms with Gasteiger partial charge in [-0.2, -0.15) is 9.97 Å². The summed E-state index contributed by atoms with van der Waals surface area (Å²) in [6.45, 7) is 1.28. The van der Waals surface area contributed by atoms with Crippen molar-refractivity contribution in [3.8, 4) is 0 Å². The van der Waals surface area contributed by atoms with Gasteiger partial charge in [0.15, 0.2) is 0 Å². The number of amides is 2. The minimum absolute atomic E-state index is 0.127. The summed E-state index contributed by atoms with van der Waals surface area (Å²) in [4.78, 5) is 37.3. The molecule has 178 valence electrons. The lowest BCUT2D eigenvalue weighted by Gasteiger charge is -2.13. The van der Waals surface area contributed by atoms with Crippen LogP contribution in [0.1, 0.15) is 20.0 Å². The fourth-order valence-corrected chi connectivity index (χ4v) is 3.13. The number of fused-ring (bicyclic) bond motifs is 1. The molecule has 2 heterocycles. The number of anilines is 4. The summed E-state index contributed by atoms with van der Waals surface area (Å²) >= 11 is 0. The molecule has 4 N–H and O–H groups in total. The van der Waals surface area contributed by atoms with Crippen molar-refractivity contribution in [2.24, 2.45) is 0 Å². The molecule has 4 aromatic rings. The number of nitrogens with zero attached hydrogens (tertiary/aromatic N) is 4. The van der Waals surface area contributed by atoms with E-state index >= 15 is 0 Å². The van der Waals surface area contributed by atoms with E-state index in [0.29, 0.717) is 23.1 Å². The summed E-state index contributed by atoms with van der Waals surface area (Å²) in [6.07, 6.45) is 4.15. The molecule has 2 aromatic heterocycles. The predicted molar refractivity (Wildman–Crippen MR) is 132 cm³/mol. The van der Waals surface area contributed by atoms with Crippen LogP contribution < -0.4 is 21.3 Å². The molecule has 0 aliphatic rings. The molecule has 0 spiro atoms. The number of nitrogens with one attached hydrogen (secondary N) is 4. The molecule has 0 aliphatic heterocycles. The number of hydrogen-bond donors (Lipinski definition) is 4. The highest BCUT2D eigenvalue weighted by Gasteiger charge is 2.13. The second-order valence-corrected chi connectivity index (χ2v) is 7.16. The van der Waals surface area contributed by atoms with Crippen LogP contribution >= 0.6 is 0 Å². The molecule has 0 bridgehead atoms. The first kappa shape index (κ1) is 19.5. The van der Waals surface area contributed by atoms with Crippen LogP contribution in [-0.4, -0.2) is 44.9 Å². The van der Waals surface area contributed by atoms with Crippen LogP contribution in [0.25, 0.3) is 5.78 Å². The predicted octanol–water partition coefficient (Wildman–Crippen LogP) is 3.38. The standard InChI is InChI=1S/C24H24N8O3/c1-3-14-35-24(34)27-15-16-8-10-17(11-9-16)28-21-30-22-26-12-13-32(22)23(31-21)29-19-7-5-4-6-18(19)20(33)25-2/h3-13H,1,14-15H2,2H3,(H,25,33)(H,27,34)(H2,26,28,29,30,31)/i2D3. The maximum absolute atomic E-state index is 12.5. The summed E-state index contributed by atoms with van der Waals surface area (Å²) in [7, 11) is 0. The maximum atomic E-state index is 12.5. The zero-order valence-electron chi connectivity index (χ0n) is 21.5. The third-order valence-corrected chi connectivity index (χ3v) is 4.78. The molecule has 0 saturated carbocycles. The van der Waals surface area contributed by atoms with Gasteiger partial charge in [0.2, 0.25) is 17.7 Å². The number of ether oxygens (including phenoxy) is 1. The maximum Gasteiger partial charge on any atom is 0.407 e. The normalized spacial score (nSPS) is 12.1. The Morgan fingerprint density at radius 2 is 1.97 bits per heavy atom. The number of imidazole rings is 1. The molecule has 2 aromatic carbocycles. The number of carbonyl (C=O) groups is 2. The van der Waals surface area contributed by atoms with E-state index in [1.165, 1.54) is 12.1 Å². The molecule has 0 fully saturated rings. The van der Waals surface area contributed by atoms with E-state index in [1.54, 1.807) is 47.1 Å². The lowest BCUT2D eigenvalue weighted by Crippen LogP contribution is -2.23. The zero-order valence-corrected chi connectivity index (χ0v) is 18.5. The first-order chi connectivity index (χ1) is 18.2. The molecular formula is C24H24N8O3. The number of carbonyl (C=O) groups excluding carboxylic acids is 2. The van der Waals surface area contributed by atoms with Gasteiger partial charge in [0.05, 0.1) is 11.3 Å². The van der Waals surface area contributed by atoms with Crippen LogP contribution in [0.2, 0.25) is 0 Å². The average Bonchev–Trinajstić information content (AvgIpc) is 3.35. The Hall–Kier alpha value is -4.93. The Kier molecular flexibility index (Phi) is 6.02. The van der Waals surface area contributed by atoms with Crippen LogP contribution in [0.5, 0.6) is 0 Å². The van der Waals surface area contributed by atoms with Crippen molar-refractivity contribution in [1.29, 1.82) is 0 Å². The third-order valence-electron chi connectivity index (χ3n) is 4.78. The van der Waals surface area contributed by atoms with Gasteiger partial charge >= 0.3 is 6.09 Å². The van der Waals surface area contributed by atoms with Crippen LogP contribution in [0.3, 0.4) is 0 Å². The van der Waals surface area contributed by atoms with E-state index in [9.17, 15) is 9.59 Å². The van der Waals surface area contributed by atoms with Crippen LogP contribution in [0, 0.1) is 0 Å². The quantitative estimate of drug-likeness (QED) is 0.271. The highest BCUT2D eigenvalue weighted by atomic mass is 16.5. The lowest BCUT2D eigenvalue weighted by molar-refractivity contribution is 0.0964. The Balaban J connectivity index is 1.52. The van der Waals surface area contributed by atoms with Crippen LogP contribution in [-0.2, 0) is 11.3 Å². The molecule has 0 atom stereocenters. The smallest absolute Gasteiger partial charge is 0.407 e. The summed E-state index contributed by atoms with van der Waals surface area (Å²) in [5, 5.41) is 10.8. The summed E-state index contributed by atoms with van der Waals surface area (Å²) in [5.41, 5.74) is 2.01. The van der Waals surface area contributed by atoms with Crippen molar-refractivity contribution in [2.45, 2.75) is 6.54 Å². The first-order valence-corrected chi connectivity index (χ1v) is 10.5. The highest BCUT2D eigenvalue weighted by molar-refractivity contribution is 6.00. The molecular weight excluding hydrogens is 448 g/mol. The minimum Gasteiger partial charge on any atom is -0.445 e. The van der Waals surface area contributed by atoms with Crippen LogP contribution in [0.4, 0.5) is 28.1 Å². The molecule has 35 heavy (non-hydrogen) atoms. The third kappa shape index (κ3) is 5.71. The first-order valence-electron chi connectivity index (χ1n) is 12.0. The number of aromatic nitrogens is 4. The molecule has 0 radical (unpaired) electrons. The van der Waals surface area contributed by atoms with Gasteiger partial charge in [-0.1, -0.05) is 36.9 Å². The van der Waals surface area contributed by atoms with Crippen molar-refractivity contribution in [3.05, 3.63) is 84.7 Å². The number of benzene rings is 2. The van der Waals surface area contributed by atoms with Crippen molar-refractivity contribution < 1.29 is 18.4 Å². The van der Waals surface area contributed by atoms with E-state index < -0.39 is 19.0 Å². The summed E-state index contributed by atoms with van der Waals surface area (Å²) < 4.78 is 28.4. The van der Waals surface area contributed by atoms with Crippen molar-refractivity contribution in [3.63, 3.8) is 0 Å². The van der Waals surface area contributed by atoms with Gasteiger partial charge in [-0.15, -0.1) is 0 Å². The molecule has 0 saturated heterocycles. The van der Waals surface area contributed by atoms with E-state index in [4.69, 9.17) is 8.85 Å². The SMILES string of the molecule is [2H]C([2H])([2H])NC(=O)c1ccccc1Nc1nc(Nc2ccc(CNC(=O)OCC=C)cc2)nc2nccn12. The Labute approximate surface area is 205 Å². The number of alkyl carbamates (subject to hydrolysis) is 1. The van der Waals surface area contributed by atoms with Gasteiger partial charge in [0, 0.05) is 35.7 Å². The Bertz CT molecular complexity index is 1450. The molecule has 0 aliphatic carbocycles. The zero-order chi connectivity index (χ0) is 27.1. The van der Waals surface area contributed by atoms with Crippen LogP contribution in [0.15, 0.2) is 73.6 Å². The summed E-state index contributed by atoms with van der Waals surface area (Å²) in [5.74, 6) is 0.108. The van der Waals surface area contributed by atoms with E-state index in [-0.39, 0.29) is 24.7 Å². The number of hydrogen-bond acceptors (Lipinski definition) is 8. The van der Waals surface area contributed by atoms with Gasteiger partial charge in [-0.25, -0.2) is 9.78 Å². The van der Waals surface area contributed by atoms with Crippen molar-refractivity contribution in [2.75, 3.05) is 24.2 Å².